The van der Waals surface area contributed by atoms with Crippen molar-refractivity contribution in [2.24, 2.45) is 0 Å². The van der Waals surface area contributed by atoms with Gasteiger partial charge >= 0.3 is 5.69 Å². The third-order valence-electron chi connectivity index (χ3n) is 4.52. The lowest BCUT2D eigenvalue weighted by molar-refractivity contribution is -0.385. The van der Waals surface area contributed by atoms with E-state index in [1.807, 2.05) is 22.9 Å². The minimum Gasteiger partial charge on any atom is -0.479 e. The predicted molar refractivity (Wildman–Crippen MR) is 118 cm³/mol. The first kappa shape index (κ1) is 21.1. The molecule has 0 aliphatic heterocycles. The number of ketones is 1. The second-order valence-electron chi connectivity index (χ2n) is 6.68. The molecule has 2 aromatic carbocycles. The van der Waals surface area contributed by atoms with Crippen molar-refractivity contribution in [3.8, 4) is 11.4 Å². The number of allylic oxidation sites excluding steroid dienone is 1. The van der Waals surface area contributed by atoms with E-state index in [0.717, 1.165) is 5.69 Å². The first-order valence-corrected chi connectivity index (χ1v) is 9.83. The Hall–Kier alpha value is -4.17. The van der Waals surface area contributed by atoms with E-state index in [1.54, 1.807) is 42.9 Å². The second kappa shape index (κ2) is 9.32. The lowest BCUT2D eigenvalue weighted by atomic mass is 10.1. The number of halogens is 1. The molecule has 0 aliphatic rings. The van der Waals surface area contributed by atoms with Crippen LogP contribution in [0.1, 0.15) is 21.9 Å². The molecule has 0 bridgehead atoms. The average Bonchev–Trinajstić information content (AvgIpc) is 3.49. The molecule has 160 valence electrons. The molecule has 8 nitrogen and oxygen atoms in total. The van der Waals surface area contributed by atoms with Crippen LogP contribution in [0, 0.1) is 10.1 Å². The number of carbonyl (C=O) groups is 1. The molecule has 0 unspecified atom stereocenters. The molecule has 0 radical (unpaired) electrons. The Labute approximate surface area is 187 Å². The van der Waals surface area contributed by atoms with Crippen molar-refractivity contribution in [3.05, 3.63) is 112 Å². The van der Waals surface area contributed by atoms with Gasteiger partial charge in [-0.25, -0.2) is 4.98 Å². The van der Waals surface area contributed by atoms with Crippen LogP contribution in [0.3, 0.4) is 0 Å². The van der Waals surface area contributed by atoms with Crippen molar-refractivity contribution in [2.75, 3.05) is 0 Å². The van der Waals surface area contributed by atoms with Gasteiger partial charge in [0.25, 0.3) is 0 Å². The van der Waals surface area contributed by atoms with E-state index >= 15 is 0 Å². The molecule has 0 N–H and O–H groups in total. The topological polar surface area (TPSA) is 100 Å². The normalized spacial score (nSPS) is 11.0. The van der Waals surface area contributed by atoms with E-state index in [2.05, 4.69) is 4.98 Å². The van der Waals surface area contributed by atoms with Crippen LogP contribution in [0.25, 0.3) is 11.8 Å². The number of imidazole rings is 1. The highest BCUT2D eigenvalue weighted by molar-refractivity contribution is 6.30. The minimum atomic E-state index is -0.564. The first-order valence-electron chi connectivity index (χ1n) is 9.46. The fourth-order valence-electron chi connectivity index (χ4n) is 2.93. The van der Waals surface area contributed by atoms with Crippen molar-refractivity contribution >= 4 is 29.1 Å². The number of rotatable bonds is 8. The summed E-state index contributed by atoms with van der Waals surface area (Å²) in [6.07, 6.45) is 8.15. The zero-order valence-corrected chi connectivity index (χ0v) is 17.3. The van der Waals surface area contributed by atoms with Crippen molar-refractivity contribution in [2.45, 2.75) is 6.61 Å². The Kier molecular flexibility index (Phi) is 6.14. The number of ether oxygens (including phenoxy) is 1. The molecule has 9 heteroatoms. The molecule has 0 atom stereocenters. The van der Waals surface area contributed by atoms with Gasteiger partial charge in [-0.3, -0.25) is 14.9 Å². The van der Waals surface area contributed by atoms with Crippen LogP contribution in [-0.2, 0) is 6.61 Å². The summed E-state index contributed by atoms with van der Waals surface area (Å²) in [4.78, 5) is 27.0. The van der Waals surface area contributed by atoms with Gasteiger partial charge < -0.3 is 13.7 Å². The summed E-state index contributed by atoms with van der Waals surface area (Å²) in [5.41, 5.74) is 1.21. The Morgan fingerprint density at radius 1 is 1.19 bits per heavy atom. The zero-order valence-electron chi connectivity index (χ0n) is 16.6. The Morgan fingerprint density at radius 3 is 2.72 bits per heavy atom. The van der Waals surface area contributed by atoms with Crippen LogP contribution in [0.5, 0.6) is 5.75 Å². The maximum atomic E-state index is 12.4. The van der Waals surface area contributed by atoms with Crippen molar-refractivity contribution in [1.29, 1.82) is 0 Å². The quantitative estimate of drug-likeness (QED) is 0.152. The lowest BCUT2D eigenvalue weighted by Crippen LogP contribution is -1.98. The summed E-state index contributed by atoms with van der Waals surface area (Å²) in [6.45, 7) is -0.0139. The number of hydrogen-bond donors (Lipinski definition) is 0. The van der Waals surface area contributed by atoms with E-state index in [0.29, 0.717) is 17.1 Å². The van der Waals surface area contributed by atoms with Crippen molar-refractivity contribution in [1.82, 2.24) is 9.55 Å². The predicted octanol–water partition coefficient (Wildman–Crippen LogP) is 5.50. The minimum absolute atomic E-state index is 0.0139. The highest BCUT2D eigenvalue weighted by Crippen LogP contribution is 2.30. The molecule has 32 heavy (non-hydrogen) atoms. The van der Waals surface area contributed by atoms with Gasteiger partial charge in [0.15, 0.2) is 11.5 Å². The van der Waals surface area contributed by atoms with Crippen LogP contribution in [-0.4, -0.2) is 20.3 Å². The third-order valence-corrected chi connectivity index (χ3v) is 4.76. The number of hydrogen-bond acceptors (Lipinski definition) is 6. The Bertz CT molecular complexity index is 1280. The second-order valence-corrected chi connectivity index (χ2v) is 7.11. The van der Waals surface area contributed by atoms with Gasteiger partial charge in [-0.1, -0.05) is 11.6 Å². The highest BCUT2D eigenvalue weighted by Gasteiger charge is 2.16. The number of nitro benzene ring substituents is 1. The average molecular weight is 450 g/mol. The monoisotopic (exact) mass is 449 g/mol. The molecule has 0 fully saturated rings. The summed E-state index contributed by atoms with van der Waals surface area (Å²) in [5.74, 6) is 0.819. The molecule has 2 heterocycles. The standard InChI is InChI=1S/C23H16ClN3O5/c24-17-3-10-23(21(13-17)27(29)30)31-14-20-7-6-19(32-20)8-9-22(28)16-1-4-18(5-2-16)26-12-11-25-15-26/h1-13,15H,14H2/b9-8+. The van der Waals surface area contributed by atoms with Gasteiger partial charge in [0.1, 0.15) is 18.1 Å². The fourth-order valence-corrected chi connectivity index (χ4v) is 3.10. The van der Waals surface area contributed by atoms with Crippen molar-refractivity contribution < 1.29 is 18.9 Å². The summed E-state index contributed by atoms with van der Waals surface area (Å²) in [7, 11) is 0. The summed E-state index contributed by atoms with van der Waals surface area (Å²) in [6, 6.07) is 14.7. The summed E-state index contributed by atoms with van der Waals surface area (Å²) >= 11 is 5.80. The van der Waals surface area contributed by atoms with Crippen LogP contribution in [0.4, 0.5) is 5.69 Å². The van der Waals surface area contributed by atoms with Gasteiger partial charge in [-0.05, 0) is 60.7 Å². The number of benzene rings is 2. The highest BCUT2D eigenvalue weighted by atomic mass is 35.5. The van der Waals surface area contributed by atoms with E-state index in [-0.39, 0.29) is 28.8 Å². The molecular formula is C23H16ClN3O5. The Balaban J connectivity index is 1.38. The molecule has 0 saturated carbocycles. The smallest absolute Gasteiger partial charge is 0.312 e. The largest absolute Gasteiger partial charge is 0.479 e. The van der Waals surface area contributed by atoms with Crippen LogP contribution in [0.15, 0.2) is 83.8 Å². The number of furan rings is 1. The summed E-state index contributed by atoms with van der Waals surface area (Å²) in [5, 5.41) is 11.4. The Morgan fingerprint density at radius 2 is 2.00 bits per heavy atom. The van der Waals surface area contributed by atoms with Gasteiger partial charge in [0, 0.05) is 34.7 Å². The first-order chi connectivity index (χ1) is 15.5. The van der Waals surface area contributed by atoms with E-state index in [9.17, 15) is 14.9 Å². The van der Waals surface area contributed by atoms with E-state index < -0.39 is 4.92 Å². The molecule has 0 amide bonds. The number of carbonyl (C=O) groups excluding carboxylic acids is 1. The fraction of sp³-hybridized carbons (Fsp3) is 0.0435. The molecular weight excluding hydrogens is 434 g/mol. The van der Waals surface area contributed by atoms with Gasteiger partial charge in [-0.2, -0.15) is 0 Å². The molecule has 4 aromatic rings. The molecule has 2 aromatic heterocycles. The van der Waals surface area contributed by atoms with Gasteiger partial charge in [0.05, 0.1) is 11.3 Å². The third kappa shape index (κ3) is 4.93. The lowest BCUT2D eigenvalue weighted by Gasteiger charge is -2.05. The SMILES string of the molecule is O=C(/C=C/c1ccc(COc2ccc(Cl)cc2[N+](=O)[O-])o1)c1ccc(-n2ccnc2)cc1. The van der Waals surface area contributed by atoms with Crippen LogP contribution >= 0.6 is 11.6 Å². The molecule has 0 aliphatic carbocycles. The molecule has 0 saturated heterocycles. The van der Waals surface area contributed by atoms with Gasteiger partial charge in [0.2, 0.25) is 0 Å². The maximum Gasteiger partial charge on any atom is 0.312 e. The number of nitrogens with zero attached hydrogens (tertiary/aromatic N) is 3. The number of aromatic nitrogens is 2. The van der Waals surface area contributed by atoms with E-state index in [1.165, 1.54) is 24.3 Å². The molecule has 4 rings (SSSR count). The van der Waals surface area contributed by atoms with E-state index in [4.69, 9.17) is 20.8 Å². The van der Waals surface area contributed by atoms with Crippen LogP contribution < -0.4 is 4.74 Å². The van der Waals surface area contributed by atoms with Crippen LogP contribution in [0.2, 0.25) is 5.02 Å². The summed E-state index contributed by atoms with van der Waals surface area (Å²) < 4.78 is 13.0. The number of nitro groups is 1. The molecule has 0 spiro atoms. The van der Waals surface area contributed by atoms with Crippen molar-refractivity contribution in [3.63, 3.8) is 0 Å². The zero-order chi connectivity index (χ0) is 22.5. The van der Waals surface area contributed by atoms with Gasteiger partial charge in [-0.15, -0.1) is 0 Å². The maximum absolute atomic E-state index is 12.4.